The highest BCUT2D eigenvalue weighted by Crippen LogP contribution is 2.35. The number of halogens is 1. The molecule has 0 aromatic rings. The van der Waals surface area contributed by atoms with Crippen LogP contribution in [-0.4, -0.2) is 5.88 Å². The Morgan fingerprint density at radius 1 is 1.10 bits per heavy atom. The van der Waals surface area contributed by atoms with Crippen LogP contribution in [0.3, 0.4) is 0 Å². The first-order valence-corrected chi connectivity index (χ1v) is 8.67. The second-order valence-electron chi connectivity index (χ2n) is 6.19. The Bertz CT molecular complexity index is 406. The maximum Gasteiger partial charge on any atom is 0.0223 e. The van der Waals surface area contributed by atoms with Crippen LogP contribution in [0.4, 0.5) is 0 Å². The maximum absolute atomic E-state index is 5.72. The van der Waals surface area contributed by atoms with Gasteiger partial charge in [0.1, 0.15) is 0 Å². The van der Waals surface area contributed by atoms with E-state index in [1.54, 1.807) is 0 Å². The molecule has 0 rings (SSSR count). The largest absolute Gasteiger partial charge is 0.127 e. The van der Waals surface area contributed by atoms with Crippen LogP contribution in [0.15, 0.2) is 47.1 Å². The van der Waals surface area contributed by atoms with Crippen LogP contribution in [0.25, 0.3) is 0 Å². The van der Waals surface area contributed by atoms with Gasteiger partial charge < -0.3 is 0 Å². The highest BCUT2D eigenvalue weighted by Gasteiger charge is 2.22. The van der Waals surface area contributed by atoms with E-state index in [0.717, 1.165) is 25.1 Å². The van der Waals surface area contributed by atoms with Gasteiger partial charge in [0.2, 0.25) is 0 Å². The molecule has 0 aliphatic rings. The molecule has 120 valence electrons. The average Bonchev–Trinajstić information content (AvgIpc) is 2.45. The lowest BCUT2D eigenvalue weighted by molar-refractivity contribution is 0.550. The third-order valence-electron chi connectivity index (χ3n) is 4.12. The summed E-state index contributed by atoms with van der Waals surface area (Å²) in [5, 5.41) is 0. The molecule has 0 fully saturated rings. The second-order valence-corrected chi connectivity index (χ2v) is 6.57. The number of rotatable bonds is 9. The highest BCUT2D eigenvalue weighted by molar-refractivity contribution is 6.17. The molecule has 0 saturated carbocycles. The Balaban J connectivity index is 4.94. The molecule has 0 spiro atoms. The van der Waals surface area contributed by atoms with Gasteiger partial charge in [-0.2, -0.15) is 0 Å². The van der Waals surface area contributed by atoms with E-state index in [1.807, 2.05) is 0 Å². The summed E-state index contributed by atoms with van der Waals surface area (Å²) >= 11 is 5.72. The van der Waals surface area contributed by atoms with Crippen molar-refractivity contribution in [2.45, 2.75) is 67.2 Å². The van der Waals surface area contributed by atoms with Crippen molar-refractivity contribution in [1.29, 1.82) is 0 Å². The van der Waals surface area contributed by atoms with Gasteiger partial charge in [-0.1, -0.05) is 62.3 Å². The van der Waals surface area contributed by atoms with Gasteiger partial charge in [-0.05, 0) is 52.0 Å². The molecule has 0 unspecified atom stereocenters. The molecule has 0 nitrogen and oxygen atoms in total. The highest BCUT2D eigenvalue weighted by atomic mass is 35.5. The zero-order valence-corrected chi connectivity index (χ0v) is 15.6. The summed E-state index contributed by atoms with van der Waals surface area (Å²) < 4.78 is 0. The summed E-state index contributed by atoms with van der Waals surface area (Å²) in [5.41, 5.74) is 4.29. The van der Waals surface area contributed by atoms with Gasteiger partial charge in [0, 0.05) is 11.3 Å². The van der Waals surface area contributed by atoms with Crippen molar-refractivity contribution in [3.8, 4) is 0 Å². The molecule has 0 atom stereocenters. The quantitative estimate of drug-likeness (QED) is 0.239. The summed E-state index contributed by atoms with van der Waals surface area (Å²) in [7, 11) is 0. The zero-order valence-electron chi connectivity index (χ0n) is 14.8. The molecule has 21 heavy (non-hydrogen) atoms. The number of unbranched alkanes of at least 4 members (excludes halogenated alkanes) is 1. The molecule has 1 heteroatoms. The van der Waals surface area contributed by atoms with Crippen molar-refractivity contribution in [2.24, 2.45) is 5.41 Å². The smallest absolute Gasteiger partial charge is 0.0223 e. The van der Waals surface area contributed by atoms with E-state index in [1.165, 1.54) is 23.1 Å². The first-order chi connectivity index (χ1) is 9.89. The summed E-state index contributed by atoms with van der Waals surface area (Å²) in [4.78, 5) is 0. The summed E-state index contributed by atoms with van der Waals surface area (Å²) in [5.74, 6) is 0.767. The molecular weight excluding hydrogens is 276 g/mol. The summed E-state index contributed by atoms with van der Waals surface area (Å²) in [6.07, 6.45) is 15.8. The van der Waals surface area contributed by atoms with Crippen LogP contribution < -0.4 is 0 Å². The zero-order chi connectivity index (χ0) is 16.3. The van der Waals surface area contributed by atoms with E-state index >= 15 is 0 Å². The first-order valence-electron chi connectivity index (χ1n) is 8.13. The van der Waals surface area contributed by atoms with E-state index in [4.69, 9.17) is 11.6 Å². The minimum absolute atomic E-state index is 0.0767. The SMILES string of the molecule is C/C=C(\C=C/CC)C(C)(C)/C(C)=C/C=C(\C)CCCCCl. The molecule has 0 heterocycles. The van der Waals surface area contributed by atoms with Gasteiger partial charge in [-0.15, -0.1) is 11.6 Å². The van der Waals surface area contributed by atoms with Gasteiger partial charge in [-0.3, -0.25) is 0 Å². The molecule has 0 aromatic heterocycles. The van der Waals surface area contributed by atoms with Crippen molar-refractivity contribution in [1.82, 2.24) is 0 Å². The predicted molar refractivity (Wildman–Crippen MR) is 99.1 cm³/mol. The third-order valence-corrected chi connectivity index (χ3v) is 4.39. The molecule has 0 N–H and O–H groups in total. The molecular formula is C20H33Cl. The van der Waals surface area contributed by atoms with Crippen LogP contribution in [0.1, 0.15) is 67.2 Å². The molecule has 0 aliphatic carbocycles. The van der Waals surface area contributed by atoms with E-state index in [0.29, 0.717) is 0 Å². The Kier molecular flexibility index (Phi) is 10.5. The van der Waals surface area contributed by atoms with E-state index in [9.17, 15) is 0 Å². The maximum atomic E-state index is 5.72. The number of hydrogen-bond acceptors (Lipinski definition) is 0. The van der Waals surface area contributed by atoms with Gasteiger partial charge in [0.15, 0.2) is 0 Å². The van der Waals surface area contributed by atoms with Crippen LogP contribution in [-0.2, 0) is 0 Å². The number of allylic oxidation sites excluding steroid dienone is 8. The van der Waals surface area contributed by atoms with Crippen molar-refractivity contribution in [3.63, 3.8) is 0 Å². The Morgan fingerprint density at radius 2 is 1.76 bits per heavy atom. The fourth-order valence-electron chi connectivity index (χ4n) is 2.20. The molecule has 0 saturated heterocycles. The topological polar surface area (TPSA) is 0 Å². The van der Waals surface area contributed by atoms with Crippen molar-refractivity contribution >= 4 is 11.6 Å². The molecule has 0 aliphatic heterocycles. The average molecular weight is 309 g/mol. The fraction of sp³-hybridized carbons (Fsp3) is 0.600. The fourth-order valence-corrected chi connectivity index (χ4v) is 2.38. The predicted octanol–water partition coefficient (Wildman–Crippen LogP) is 7.23. The van der Waals surface area contributed by atoms with E-state index in [-0.39, 0.29) is 5.41 Å². The van der Waals surface area contributed by atoms with Crippen LogP contribution >= 0.6 is 11.6 Å². The minimum atomic E-state index is 0.0767. The van der Waals surface area contributed by atoms with Crippen LogP contribution in [0, 0.1) is 5.41 Å². The first kappa shape index (κ1) is 20.2. The number of hydrogen-bond donors (Lipinski definition) is 0. The summed E-state index contributed by atoms with van der Waals surface area (Å²) in [6.45, 7) is 13.3. The van der Waals surface area contributed by atoms with E-state index in [2.05, 4.69) is 71.9 Å². The lowest BCUT2D eigenvalue weighted by atomic mass is 9.77. The lowest BCUT2D eigenvalue weighted by Crippen LogP contribution is -2.15. The third kappa shape index (κ3) is 7.71. The Hall–Kier alpha value is -0.750. The van der Waals surface area contributed by atoms with Crippen molar-refractivity contribution in [2.75, 3.05) is 5.88 Å². The second kappa shape index (κ2) is 10.9. The number of alkyl halides is 1. The van der Waals surface area contributed by atoms with Gasteiger partial charge in [0.05, 0.1) is 0 Å². The normalized spacial score (nSPS) is 15.1. The summed E-state index contributed by atoms with van der Waals surface area (Å²) in [6, 6.07) is 0. The standard InChI is InChI=1S/C20H33Cl/c1-7-9-13-19(8-2)20(5,6)18(4)15-14-17(3)12-10-11-16-21/h8-9,13-15H,7,10-12,16H2,1-6H3/b13-9-,17-14+,18-15+,19-8+. The molecule has 0 amide bonds. The van der Waals surface area contributed by atoms with Crippen LogP contribution in [0.5, 0.6) is 0 Å². The molecule has 0 radical (unpaired) electrons. The molecule has 0 bridgehead atoms. The van der Waals surface area contributed by atoms with E-state index < -0.39 is 0 Å². The minimum Gasteiger partial charge on any atom is -0.127 e. The van der Waals surface area contributed by atoms with Gasteiger partial charge in [0.25, 0.3) is 0 Å². The molecule has 0 aromatic carbocycles. The van der Waals surface area contributed by atoms with Gasteiger partial charge >= 0.3 is 0 Å². The van der Waals surface area contributed by atoms with Gasteiger partial charge in [-0.25, -0.2) is 0 Å². The Labute approximate surface area is 137 Å². The van der Waals surface area contributed by atoms with Crippen molar-refractivity contribution < 1.29 is 0 Å². The van der Waals surface area contributed by atoms with Crippen LogP contribution in [0.2, 0.25) is 0 Å². The van der Waals surface area contributed by atoms with Crippen molar-refractivity contribution in [3.05, 3.63) is 47.1 Å². The lowest BCUT2D eigenvalue weighted by Gasteiger charge is -2.27. The monoisotopic (exact) mass is 308 g/mol. The Morgan fingerprint density at radius 3 is 2.29 bits per heavy atom.